The van der Waals surface area contributed by atoms with Crippen molar-refractivity contribution in [3.8, 4) is 5.75 Å². The summed E-state index contributed by atoms with van der Waals surface area (Å²) < 4.78 is 0. The summed E-state index contributed by atoms with van der Waals surface area (Å²) in [6, 6.07) is 7.29. The van der Waals surface area contributed by atoms with Crippen molar-refractivity contribution >= 4 is 28.9 Å². The first-order valence-electron chi connectivity index (χ1n) is 8.76. The van der Waals surface area contributed by atoms with E-state index in [0.29, 0.717) is 11.3 Å². The van der Waals surface area contributed by atoms with Crippen LogP contribution in [0.3, 0.4) is 0 Å². The first-order valence-corrected chi connectivity index (χ1v) is 8.76. The Morgan fingerprint density at radius 3 is 2.83 bits per heavy atom. The number of aromatic nitrogens is 1. The van der Waals surface area contributed by atoms with Crippen molar-refractivity contribution in [2.75, 3.05) is 18.5 Å². The predicted octanol–water partition coefficient (Wildman–Crippen LogP) is 1.45. The number of nitro groups is 1. The molecule has 0 fully saturated rings. The number of carbonyl (C=O) groups is 2. The molecule has 2 heterocycles. The van der Waals surface area contributed by atoms with E-state index in [4.69, 9.17) is 9.94 Å². The van der Waals surface area contributed by atoms with E-state index in [-0.39, 0.29) is 36.0 Å². The van der Waals surface area contributed by atoms with Gasteiger partial charge in [-0.3, -0.25) is 29.6 Å². The average molecular weight is 411 g/mol. The second kappa shape index (κ2) is 8.92. The van der Waals surface area contributed by atoms with Crippen LogP contribution in [0.15, 0.2) is 59.7 Å². The minimum Gasteiger partial charge on any atom is -0.395 e. The molecule has 11 heteroatoms. The lowest BCUT2D eigenvalue weighted by molar-refractivity contribution is -0.384. The third-order valence-electron chi connectivity index (χ3n) is 4.08. The molecule has 2 N–H and O–H groups in total. The van der Waals surface area contributed by atoms with E-state index in [2.05, 4.69) is 15.5 Å². The Morgan fingerprint density at radius 1 is 1.37 bits per heavy atom. The highest BCUT2D eigenvalue weighted by Gasteiger charge is 2.30. The molecule has 2 amide bonds. The van der Waals surface area contributed by atoms with E-state index in [9.17, 15) is 19.7 Å². The minimum absolute atomic E-state index is 0.0551. The maximum absolute atomic E-state index is 12.3. The molecule has 30 heavy (non-hydrogen) atoms. The van der Waals surface area contributed by atoms with Crippen LogP contribution in [-0.4, -0.2) is 50.6 Å². The Kier molecular flexibility index (Phi) is 6.13. The number of hydrogen-bond donors (Lipinski definition) is 2. The number of pyridine rings is 1. The highest BCUT2D eigenvalue weighted by molar-refractivity contribution is 6.17. The number of oxime groups is 1. The largest absolute Gasteiger partial charge is 0.395 e. The Hall–Kier alpha value is -4.12. The molecule has 0 spiro atoms. The van der Waals surface area contributed by atoms with Crippen molar-refractivity contribution in [2.24, 2.45) is 5.16 Å². The number of nitrogens with one attached hydrogen (secondary N) is 1. The molecule has 3 rings (SSSR count). The molecule has 0 radical (unpaired) electrons. The molecule has 1 aliphatic heterocycles. The van der Waals surface area contributed by atoms with Gasteiger partial charge in [0.1, 0.15) is 5.70 Å². The number of imide groups is 1. The van der Waals surface area contributed by atoms with E-state index in [1.165, 1.54) is 18.2 Å². The molecule has 1 aromatic carbocycles. The van der Waals surface area contributed by atoms with Gasteiger partial charge in [0, 0.05) is 41.9 Å². The summed E-state index contributed by atoms with van der Waals surface area (Å²) in [5, 5.41) is 26.9. The highest BCUT2D eigenvalue weighted by atomic mass is 16.6. The summed E-state index contributed by atoms with van der Waals surface area (Å²) >= 11 is 0. The molecule has 0 atom stereocenters. The lowest BCUT2D eigenvalue weighted by Crippen LogP contribution is -2.34. The Balaban J connectivity index is 1.83. The number of nitrogens with zero attached hydrogens (tertiary/aromatic N) is 4. The quantitative estimate of drug-likeness (QED) is 0.287. The minimum atomic E-state index is -0.645. The van der Waals surface area contributed by atoms with Gasteiger partial charge >= 0.3 is 0 Å². The topological polar surface area (TPSA) is 147 Å². The number of benzene rings is 1. The Bertz CT molecular complexity index is 1050. The number of nitro benzene ring substituents is 1. The second-order valence-electron chi connectivity index (χ2n) is 6.18. The Morgan fingerprint density at radius 2 is 2.17 bits per heavy atom. The van der Waals surface area contributed by atoms with Gasteiger partial charge < -0.3 is 15.3 Å². The van der Waals surface area contributed by atoms with E-state index in [0.717, 1.165) is 11.0 Å². The predicted molar refractivity (Wildman–Crippen MR) is 106 cm³/mol. The SMILES string of the molecule is CC(=NOc1cc(NC2=CC(=O)N(CCO)C2=O)cc([N+](=O)[O-])c1)c1cccnc1. The first-order chi connectivity index (χ1) is 14.4. The third kappa shape index (κ3) is 4.64. The molecule has 0 aliphatic carbocycles. The lowest BCUT2D eigenvalue weighted by atomic mass is 10.2. The van der Waals surface area contributed by atoms with E-state index < -0.39 is 16.7 Å². The monoisotopic (exact) mass is 411 g/mol. The fourth-order valence-corrected chi connectivity index (χ4v) is 2.63. The summed E-state index contributed by atoms with van der Waals surface area (Å²) in [4.78, 5) is 44.9. The molecule has 0 saturated carbocycles. The van der Waals surface area contributed by atoms with Gasteiger partial charge in [0.2, 0.25) is 0 Å². The van der Waals surface area contributed by atoms with Gasteiger partial charge in [-0.2, -0.15) is 0 Å². The Labute approximate surface area is 170 Å². The van der Waals surface area contributed by atoms with Crippen LogP contribution in [0.4, 0.5) is 11.4 Å². The fourth-order valence-electron chi connectivity index (χ4n) is 2.63. The van der Waals surface area contributed by atoms with Crippen LogP contribution < -0.4 is 10.2 Å². The standard InChI is InChI=1S/C19H17N5O6/c1-12(13-3-2-4-20-11-13)22-30-16-8-14(7-15(9-16)24(28)29)21-17-10-18(26)23(5-6-25)19(17)27/h2-4,7-11,21,25H,5-6H2,1H3. The highest BCUT2D eigenvalue weighted by Crippen LogP contribution is 2.28. The number of amides is 2. The smallest absolute Gasteiger partial charge is 0.277 e. The molecular weight excluding hydrogens is 394 g/mol. The molecule has 11 nitrogen and oxygen atoms in total. The van der Waals surface area contributed by atoms with Crippen LogP contribution >= 0.6 is 0 Å². The number of β-amino-alcohol motifs (C(OH)–C–C–N with tert-alkyl or cyclic N) is 1. The summed E-state index contributed by atoms with van der Waals surface area (Å²) in [7, 11) is 0. The summed E-state index contributed by atoms with van der Waals surface area (Å²) in [6.45, 7) is 1.17. The van der Waals surface area contributed by atoms with Crippen molar-refractivity contribution in [3.63, 3.8) is 0 Å². The van der Waals surface area contributed by atoms with Crippen LogP contribution in [0.25, 0.3) is 0 Å². The molecule has 1 aromatic heterocycles. The number of hydrogen-bond acceptors (Lipinski definition) is 9. The zero-order chi connectivity index (χ0) is 21.7. The van der Waals surface area contributed by atoms with Gasteiger partial charge in [-0.05, 0) is 19.1 Å². The van der Waals surface area contributed by atoms with Gasteiger partial charge in [0.25, 0.3) is 17.5 Å². The van der Waals surface area contributed by atoms with Crippen LogP contribution in [-0.2, 0) is 9.59 Å². The lowest BCUT2D eigenvalue weighted by Gasteiger charge is -2.13. The maximum atomic E-state index is 12.3. The second-order valence-corrected chi connectivity index (χ2v) is 6.18. The first kappa shape index (κ1) is 20.6. The number of rotatable bonds is 8. The number of aliphatic hydroxyl groups is 1. The average Bonchev–Trinajstić information content (AvgIpc) is 3.00. The summed E-state index contributed by atoms with van der Waals surface area (Å²) in [5.41, 5.74) is 1.00. The third-order valence-corrected chi connectivity index (χ3v) is 4.08. The van der Waals surface area contributed by atoms with Gasteiger partial charge in [0.15, 0.2) is 5.75 Å². The van der Waals surface area contributed by atoms with E-state index in [1.54, 1.807) is 31.5 Å². The van der Waals surface area contributed by atoms with Crippen molar-refractivity contribution < 1.29 is 24.5 Å². The zero-order valence-corrected chi connectivity index (χ0v) is 15.8. The molecule has 2 aromatic rings. The zero-order valence-electron chi connectivity index (χ0n) is 15.8. The van der Waals surface area contributed by atoms with Crippen molar-refractivity contribution in [3.05, 3.63) is 70.2 Å². The van der Waals surface area contributed by atoms with Gasteiger partial charge in [-0.25, -0.2) is 0 Å². The van der Waals surface area contributed by atoms with E-state index in [1.807, 2.05) is 0 Å². The number of non-ortho nitro benzene ring substituents is 1. The molecule has 0 unspecified atom stereocenters. The van der Waals surface area contributed by atoms with Gasteiger partial charge in [-0.15, -0.1) is 0 Å². The molecule has 0 bridgehead atoms. The van der Waals surface area contributed by atoms with Gasteiger partial charge in [0.05, 0.1) is 29.9 Å². The normalized spacial score (nSPS) is 14.0. The number of aliphatic hydroxyl groups excluding tert-OH is 1. The van der Waals surface area contributed by atoms with Crippen molar-refractivity contribution in [2.45, 2.75) is 6.92 Å². The van der Waals surface area contributed by atoms with Crippen LogP contribution in [0.2, 0.25) is 0 Å². The maximum Gasteiger partial charge on any atom is 0.277 e. The molecule has 0 saturated heterocycles. The summed E-state index contributed by atoms with van der Waals surface area (Å²) in [6.07, 6.45) is 4.26. The number of carbonyl (C=O) groups excluding carboxylic acids is 2. The van der Waals surface area contributed by atoms with Crippen molar-refractivity contribution in [1.82, 2.24) is 9.88 Å². The molecule has 154 valence electrons. The molecule has 1 aliphatic rings. The number of anilines is 1. The molecular formula is C19H17N5O6. The van der Waals surface area contributed by atoms with E-state index >= 15 is 0 Å². The van der Waals surface area contributed by atoms with Crippen molar-refractivity contribution in [1.29, 1.82) is 0 Å². The van der Waals surface area contributed by atoms with Crippen LogP contribution in [0.5, 0.6) is 5.75 Å². The fraction of sp³-hybridized carbons (Fsp3) is 0.158. The van der Waals surface area contributed by atoms with Crippen LogP contribution in [0.1, 0.15) is 12.5 Å². The summed E-state index contributed by atoms with van der Waals surface area (Å²) in [5.74, 6) is -1.18. The van der Waals surface area contributed by atoms with Gasteiger partial charge in [-0.1, -0.05) is 5.16 Å². The van der Waals surface area contributed by atoms with Crippen LogP contribution in [0, 0.1) is 10.1 Å².